The summed E-state index contributed by atoms with van der Waals surface area (Å²) >= 11 is 12.0. The molecule has 8 heteroatoms. The van der Waals surface area contributed by atoms with Crippen molar-refractivity contribution in [3.8, 4) is 0 Å². The summed E-state index contributed by atoms with van der Waals surface area (Å²) in [5.41, 5.74) is -0.243. The van der Waals surface area contributed by atoms with Crippen LogP contribution in [0.5, 0.6) is 0 Å². The molecule has 1 aliphatic rings. The minimum Gasteiger partial charge on any atom is -0.333 e. The van der Waals surface area contributed by atoms with Gasteiger partial charge in [-0.2, -0.15) is 0 Å². The Morgan fingerprint density at radius 1 is 1.33 bits per heavy atom. The highest BCUT2D eigenvalue weighted by Gasteiger charge is 2.37. The van der Waals surface area contributed by atoms with Crippen molar-refractivity contribution in [1.29, 1.82) is 0 Å². The van der Waals surface area contributed by atoms with Gasteiger partial charge < -0.3 is 4.90 Å². The molecule has 1 aromatic rings. The van der Waals surface area contributed by atoms with Gasteiger partial charge in [0.05, 0.1) is 10.6 Å². The van der Waals surface area contributed by atoms with Crippen LogP contribution >= 0.6 is 23.2 Å². The van der Waals surface area contributed by atoms with Crippen LogP contribution in [0, 0.1) is 0 Å². The molecule has 0 saturated carbocycles. The summed E-state index contributed by atoms with van der Waals surface area (Å²) in [7, 11) is -4.05. The molecule has 1 heterocycles. The van der Waals surface area contributed by atoms with Crippen LogP contribution in [0.3, 0.4) is 0 Å². The van der Waals surface area contributed by atoms with Crippen molar-refractivity contribution in [3.05, 3.63) is 27.7 Å². The fourth-order valence-corrected chi connectivity index (χ4v) is 4.00. The number of carbonyl (C=O) groups excluding carboxylic acids is 1. The summed E-state index contributed by atoms with van der Waals surface area (Å²) in [4.78, 5) is 14.0. The van der Waals surface area contributed by atoms with Gasteiger partial charge in [0.15, 0.2) is 0 Å². The monoisotopic (exact) mass is 350 g/mol. The fraction of sp³-hybridized carbons (Fsp3) is 0.462. The third-order valence-electron chi connectivity index (χ3n) is 3.69. The van der Waals surface area contributed by atoms with Gasteiger partial charge in [-0.1, -0.05) is 23.2 Å². The van der Waals surface area contributed by atoms with E-state index < -0.39 is 10.0 Å². The lowest BCUT2D eigenvalue weighted by atomic mass is 10.0. The lowest BCUT2D eigenvalue weighted by molar-refractivity contribution is 0.0652. The summed E-state index contributed by atoms with van der Waals surface area (Å²) in [6, 6.07) is 2.51. The van der Waals surface area contributed by atoms with Gasteiger partial charge in [0.25, 0.3) is 5.91 Å². The Balaban J connectivity index is 2.55. The average Bonchev–Trinajstić information content (AvgIpc) is 2.69. The van der Waals surface area contributed by atoms with E-state index >= 15 is 0 Å². The molecule has 0 aliphatic carbocycles. The SMILES string of the molecule is CC1(C)CCCN1C(=O)c1cc(Cl)cc(S(N)(=O)=O)c1Cl. The molecule has 0 unspecified atom stereocenters. The molecule has 1 saturated heterocycles. The Hall–Kier alpha value is -0.820. The predicted octanol–water partition coefficient (Wildman–Crippen LogP) is 2.66. The third-order valence-corrected chi connectivity index (χ3v) is 5.36. The standard InChI is InChI=1S/C13H16Cl2N2O3S/c1-13(2)4-3-5-17(13)12(18)9-6-8(14)7-10(11(9)15)21(16,19)20/h6-7H,3-5H2,1-2H3,(H2,16,19,20). The number of halogens is 2. The Morgan fingerprint density at radius 3 is 2.43 bits per heavy atom. The van der Waals surface area contributed by atoms with Gasteiger partial charge in [0.2, 0.25) is 10.0 Å². The first kappa shape index (κ1) is 16.5. The van der Waals surface area contributed by atoms with Crippen LogP contribution in [0.15, 0.2) is 17.0 Å². The van der Waals surface area contributed by atoms with Gasteiger partial charge in [-0.3, -0.25) is 4.79 Å². The van der Waals surface area contributed by atoms with Crippen molar-refractivity contribution in [2.45, 2.75) is 37.1 Å². The van der Waals surface area contributed by atoms with Gasteiger partial charge in [0, 0.05) is 17.1 Å². The molecule has 1 aromatic carbocycles. The molecule has 21 heavy (non-hydrogen) atoms. The number of sulfonamides is 1. The highest BCUT2D eigenvalue weighted by atomic mass is 35.5. The summed E-state index contributed by atoms with van der Waals surface area (Å²) in [6.07, 6.45) is 1.76. The van der Waals surface area contributed by atoms with E-state index in [-0.39, 0.29) is 32.0 Å². The van der Waals surface area contributed by atoms with Crippen molar-refractivity contribution < 1.29 is 13.2 Å². The van der Waals surface area contributed by atoms with E-state index in [4.69, 9.17) is 28.3 Å². The van der Waals surface area contributed by atoms with Crippen LogP contribution in [-0.2, 0) is 10.0 Å². The number of hydrogen-bond donors (Lipinski definition) is 1. The molecule has 2 N–H and O–H groups in total. The normalized spacial score (nSPS) is 18.0. The minimum absolute atomic E-state index is 0.0585. The lowest BCUT2D eigenvalue weighted by Crippen LogP contribution is -2.42. The van der Waals surface area contributed by atoms with Crippen LogP contribution in [0.4, 0.5) is 0 Å². The van der Waals surface area contributed by atoms with Crippen molar-refractivity contribution in [2.75, 3.05) is 6.54 Å². The highest BCUT2D eigenvalue weighted by Crippen LogP contribution is 2.34. The summed E-state index contributed by atoms with van der Waals surface area (Å²) in [5.74, 6) is -0.338. The van der Waals surface area contributed by atoms with E-state index in [1.54, 1.807) is 4.90 Å². The number of primary sulfonamides is 1. The first-order valence-electron chi connectivity index (χ1n) is 6.38. The number of rotatable bonds is 2. The zero-order valence-corrected chi connectivity index (χ0v) is 14.0. The number of nitrogens with two attached hydrogens (primary N) is 1. The van der Waals surface area contributed by atoms with E-state index in [2.05, 4.69) is 0 Å². The van der Waals surface area contributed by atoms with Crippen molar-refractivity contribution in [3.63, 3.8) is 0 Å². The molecule has 116 valence electrons. The second kappa shape index (κ2) is 5.43. The number of amides is 1. The zero-order valence-electron chi connectivity index (χ0n) is 11.7. The van der Waals surface area contributed by atoms with E-state index in [0.29, 0.717) is 6.54 Å². The van der Waals surface area contributed by atoms with Crippen LogP contribution in [0.1, 0.15) is 37.0 Å². The predicted molar refractivity (Wildman–Crippen MR) is 82.2 cm³/mol. The van der Waals surface area contributed by atoms with Crippen molar-refractivity contribution >= 4 is 39.1 Å². The van der Waals surface area contributed by atoms with Crippen molar-refractivity contribution in [2.24, 2.45) is 5.14 Å². The van der Waals surface area contributed by atoms with E-state index in [1.165, 1.54) is 6.07 Å². The molecule has 1 fully saturated rings. The molecule has 2 rings (SSSR count). The Kier molecular flexibility index (Phi) is 4.28. The van der Waals surface area contributed by atoms with Crippen LogP contribution in [-0.4, -0.2) is 31.3 Å². The topological polar surface area (TPSA) is 80.5 Å². The molecule has 0 bridgehead atoms. The first-order valence-corrected chi connectivity index (χ1v) is 8.68. The fourth-order valence-electron chi connectivity index (χ4n) is 2.56. The Bertz CT molecular complexity index is 702. The summed E-state index contributed by atoms with van der Waals surface area (Å²) < 4.78 is 23.1. The molecule has 1 amide bonds. The lowest BCUT2D eigenvalue weighted by Gasteiger charge is -2.32. The van der Waals surface area contributed by atoms with Gasteiger partial charge >= 0.3 is 0 Å². The molecule has 0 radical (unpaired) electrons. The number of hydrogen-bond acceptors (Lipinski definition) is 3. The molecular weight excluding hydrogens is 335 g/mol. The maximum atomic E-state index is 12.7. The molecular formula is C13H16Cl2N2O3S. The maximum absolute atomic E-state index is 12.7. The number of nitrogens with zero attached hydrogens (tertiary/aromatic N) is 1. The first-order chi connectivity index (χ1) is 9.54. The molecule has 5 nitrogen and oxygen atoms in total. The Labute approximate surface area is 134 Å². The van der Waals surface area contributed by atoms with Crippen LogP contribution in [0.2, 0.25) is 10.0 Å². The van der Waals surface area contributed by atoms with Gasteiger partial charge in [-0.05, 0) is 38.8 Å². The van der Waals surface area contributed by atoms with Crippen molar-refractivity contribution in [1.82, 2.24) is 4.90 Å². The van der Waals surface area contributed by atoms with Gasteiger partial charge in [0.1, 0.15) is 4.90 Å². The van der Waals surface area contributed by atoms with Crippen LogP contribution in [0.25, 0.3) is 0 Å². The quantitative estimate of drug-likeness (QED) is 0.889. The summed E-state index contributed by atoms with van der Waals surface area (Å²) in [5, 5.41) is 5.02. The second-order valence-electron chi connectivity index (χ2n) is 5.68. The van der Waals surface area contributed by atoms with E-state index in [0.717, 1.165) is 18.9 Å². The van der Waals surface area contributed by atoms with Gasteiger partial charge in [-0.15, -0.1) is 0 Å². The van der Waals surface area contributed by atoms with E-state index in [9.17, 15) is 13.2 Å². The average molecular weight is 351 g/mol. The molecule has 0 spiro atoms. The van der Waals surface area contributed by atoms with Crippen LogP contribution < -0.4 is 5.14 Å². The largest absolute Gasteiger partial charge is 0.333 e. The number of benzene rings is 1. The smallest absolute Gasteiger partial charge is 0.255 e. The highest BCUT2D eigenvalue weighted by molar-refractivity contribution is 7.89. The maximum Gasteiger partial charge on any atom is 0.255 e. The van der Waals surface area contributed by atoms with Gasteiger partial charge in [-0.25, -0.2) is 13.6 Å². The Morgan fingerprint density at radius 2 is 1.95 bits per heavy atom. The second-order valence-corrected chi connectivity index (χ2v) is 8.03. The zero-order chi connectivity index (χ0) is 16.0. The minimum atomic E-state index is -4.05. The molecule has 1 aliphatic heterocycles. The van der Waals surface area contributed by atoms with E-state index in [1.807, 2.05) is 13.8 Å². The molecule has 0 atom stereocenters. The number of carbonyl (C=O) groups is 1. The summed E-state index contributed by atoms with van der Waals surface area (Å²) in [6.45, 7) is 4.51. The molecule has 0 aromatic heterocycles. The third kappa shape index (κ3) is 3.18. The number of likely N-dealkylation sites (tertiary alicyclic amines) is 1.